The van der Waals surface area contributed by atoms with Gasteiger partial charge in [0.1, 0.15) is 11.5 Å². The minimum atomic E-state index is -0.276. The summed E-state index contributed by atoms with van der Waals surface area (Å²) in [5.41, 5.74) is 2.47. The van der Waals surface area contributed by atoms with Crippen LogP contribution < -0.4 is 0 Å². The quantitative estimate of drug-likeness (QED) is 0.743. The van der Waals surface area contributed by atoms with Gasteiger partial charge in [-0.15, -0.1) is 0 Å². The van der Waals surface area contributed by atoms with Crippen LogP contribution in [0.15, 0.2) is 42.7 Å². The van der Waals surface area contributed by atoms with E-state index in [0.29, 0.717) is 29.1 Å². The molecule has 1 aliphatic carbocycles. The molecule has 0 radical (unpaired) electrons. The van der Waals surface area contributed by atoms with Gasteiger partial charge in [-0.05, 0) is 25.0 Å². The molecule has 2 heterocycles. The SMILES string of the molecule is O=C1CCCc2c1c(-c1ncccn1)nn2Cc1ccccc1F. The fourth-order valence-electron chi connectivity index (χ4n) is 3.08. The van der Waals surface area contributed by atoms with Crippen molar-refractivity contribution >= 4 is 5.78 Å². The van der Waals surface area contributed by atoms with Crippen LogP contribution >= 0.6 is 0 Å². The van der Waals surface area contributed by atoms with Gasteiger partial charge in [-0.25, -0.2) is 14.4 Å². The van der Waals surface area contributed by atoms with E-state index in [2.05, 4.69) is 15.1 Å². The number of hydrogen-bond acceptors (Lipinski definition) is 4. The maximum absolute atomic E-state index is 14.0. The van der Waals surface area contributed by atoms with E-state index < -0.39 is 0 Å². The Morgan fingerprint density at radius 2 is 1.88 bits per heavy atom. The van der Waals surface area contributed by atoms with Crippen LogP contribution in [-0.4, -0.2) is 25.5 Å². The molecule has 0 N–H and O–H groups in total. The van der Waals surface area contributed by atoms with E-state index in [4.69, 9.17) is 0 Å². The molecule has 6 heteroatoms. The molecule has 1 aliphatic rings. The topological polar surface area (TPSA) is 60.7 Å². The maximum atomic E-state index is 14.0. The van der Waals surface area contributed by atoms with Gasteiger partial charge in [0.2, 0.25) is 0 Å². The molecule has 1 aromatic carbocycles. The van der Waals surface area contributed by atoms with Crippen LogP contribution in [-0.2, 0) is 13.0 Å². The number of Topliss-reactive ketones (excluding diaryl/α,β-unsaturated/α-hetero) is 1. The second-order valence-corrected chi connectivity index (χ2v) is 5.77. The summed E-state index contributed by atoms with van der Waals surface area (Å²) in [5.74, 6) is 0.205. The molecule has 0 atom stereocenters. The van der Waals surface area contributed by atoms with Gasteiger partial charge in [-0.1, -0.05) is 18.2 Å². The first kappa shape index (κ1) is 14.7. The zero-order chi connectivity index (χ0) is 16.5. The Morgan fingerprint density at radius 3 is 2.67 bits per heavy atom. The third-order valence-corrected chi connectivity index (χ3v) is 4.21. The van der Waals surface area contributed by atoms with E-state index in [1.54, 1.807) is 41.3 Å². The predicted octanol–water partition coefficient (Wildman–Crippen LogP) is 3.05. The molecular weight excluding hydrogens is 307 g/mol. The highest BCUT2D eigenvalue weighted by Crippen LogP contribution is 2.30. The first-order chi connectivity index (χ1) is 11.7. The number of ketones is 1. The average Bonchev–Trinajstić information content (AvgIpc) is 2.98. The first-order valence-corrected chi connectivity index (χ1v) is 7.87. The molecule has 2 aromatic heterocycles. The van der Waals surface area contributed by atoms with E-state index >= 15 is 0 Å². The zero-order valence-electron chi connectivity index (χ0n) is 12.9. The summed E-state index contributed by atoms with van der Waals surface area (Å²) < 4.78 is 15.7. The van der Waals surface area contributed by atoms with Crippen molar-refractivity contribution in [3.8, 4) is 11.5 Å². The molecule has 0 saturated carbocycles. The monoisotopic (exact) mass is 322 g/mol. The standard InChI is InChI=1S/C18H15FN4O/c19-13-6-2-1-5-12(13)11-23-14-7-3-8-15(24)16(14)17(22-23)18-20-9-4-10-21-18/h1-2,4-6,9-10H,3,7-8,11H2. The van der Waals surface area contributed by atoms with Gasteiger partial charge in [-0.2, -0.15) is 5.10 Å². The minimum Gasteiger partial charge on any atom is -0.294 e. The number of nitrogens with zero attached hydrogens (tertiary/aromatic N) is 4. The number of hydrogen-bond donors (Lipinski definition) is 0. The van der Waals surface area contributed by atoms with Gasteiger partial charge < -0.3 is 0 Å². The van der Waals surface area contributed by atoms with E-state index in [0.717, 1.165) is 18.5 Å². The van der Waals surface area contributed by atoms with Crippen molar-refractivity contribution in [3.05, 3.63) is 65.4 Å². The van der Waals surface area contributed by atoms with Crippen molar-refractivity contribution in [1.29, 1.82) is 0 Å². The highest BCUT2D eigenvalue weighted by atomic mass is 19.1. The number of carbonyl (C=O) groups excluding carboxylic acids is 1. The minimum absolute atomic E-state index is 0.0542. The van der Waals surface area contributed by atoms with E-state index in [1.165, 1.54) is 6.07 Å². The van der Waals surface area contributed by atoms with Crippen LogP contribution in [0.25, 0.3) is 11.5 Å². The number of aromatic nitrogens is 4. The van der Waals surface area contributed by atoms with Crippen molar-refractivity contribution in [3.63, 3.8) is 0 Å². The largest absolute Gasteiger partial charge is 0.294 e. The first-order valence-electron chi connectivity index (χ1n) is 7.87. The van der Waals surface area contributed by atoms with Gasteiger partial charge in [-0.3, -0.25) is 9.48 Å². The highest BCUT2D eigenvalue weighted by Gasteiger charge is 2.28. The van der Waals surface area contributed by atoms with E-state index in [1.807, 2.05) is 0 Å². The van der Waals surface area contributed by atoms with Gasteiger partial charge in [0.15, 0.2) is 11.6 Å². The molecule has 5 nitrogen and oxygen atoms in total. The van der Waals surface area contributed by atoms with Crippen molar-refractivity contribution < 1.29 is 9.18 Å². The lowest BCUT2D eigenvalue weighted by Gasteiger charge is -2.13. The highest BCUT2D eigenvalue weighted by molar-refractivity contribution is 6.02. The Balaban J connectivity index is 1.84. The summed E-state index contributed by atoms with van der Waals surface area (Å²) in [5, 5.41) is 4.55. The molecule has 0 unspecified atom stereocenters. The Bertz CT molecular complexity index is 905. The smallest absolute Gasteiger partial charge is 0.180 e. The van der Waals surface area contributed by atoms with Gasteiger partial charge >= 0.3 is 0 Å². The third kappa shape index (κ3) is 2.50. The molecule has 0 amide bonds. The number of rotatable bonds is 3. The van der Waals surface area contributed by atoms with Crippen molar-refractivity contribution in [2.24, 2.45) is 0 Å². The molecule has 0 saturated heterocycles. The molecule has 3 aromatic rings. The lowest BCUT2D eigenvalue weighted by Crippen LogP contribution is -2.15. The summed E-state index contributed by atoms with van der Waals surface area (Å²) in [6.45, 7) is 0.287. The Morgan fingerprint density at radius 1 is 1.08 bits per heavy atom. The maximum Gasteiger partial charge on any atom is 0.180 e. The van der Waals surface area contributed by atoms with Crippen LogP contribution in [0.2, 0.25) is 0 Å². The average molecular weight is 322 g/mol. The van der Waals surface area contributed by atoms with Crippen LogP contribution in [0.4, 0.5) is 4.39 Å². The molecule has 0 fully saturated rings. The predicted molar refractivity (Wildman–Crippen MR) is 86.0 cm³/mol. The fraction of sp³-hybridized carbons (Fsp3) is 0.222. The molecule has 24 heavy (non-hydrogen) atoms. The van der Waals surface area contributed by atoms with Crippen molar-refractivity contribution in [2.45, 2.75) is 25.8 Å². The summed E-state index contributed by atoms with van der Waals surface area (Å²) in [7, 11) is 0. The third-order valence-electron chi connectivity index (χ3n) is 4.21. The number of carbonyl (C=O) groups is 1. The number of halogens is 1. The summed E-state index contributed by atoms with van der Waals surface area (Å²) in [6, 6.07) is 8.32. The summed E-state index contributed by atoms with van der Waals surface area (Å²) >= 11 is 0. The van der Waals surface area contributed by atoms with Gasteiger partial charge in [0.05, 0.1) is 17.8 Å². The molecule has 0 bridgehead atoms. The Hall–Kier alpha value is -2.89. The molecule has 4 rings (SSSR count). The normalized spacial score (nSPS) is 13.8. The van der Waals surface area contributed by atoms with Crippen LogP contribution in [0.3, 0.4) is 0 Å². The Kier molecular flexibility index (Phi) is 3.65. The second-order valence-electron chi connectivity index (χ2n) is 5.77. The molecule has 120 valence electrons. The van der Waals surface area contributed by atoms with Crippen LogP contribution in [0, 0.1) is 5.82 Å². The zero-order valence-corrected chi connectivity index (χ0v) is 12.9. The summed E-state index contributed by atoms with van der Waals surface area (Å²) in [4.78, 5) is 20.9. The van der Waals surface area contributed by atoms with Gasteiger partial charge in [0.25, 0.3) is 0 Å². The van der Waals surface area contributed by atoms with E-state index in [-0.39, 0.29) is 18.1 Å². The van der Waals surface area contributed by atoms with Gasteiger partial charge in [0, 0.05) is 24.4 Å². The number of fused-ring (bicyclic) bond motifs is 1. The fourth-order valence-corrected chi connectivity index (χ4v) is 3.08. The molecule has 0 aliphatic heterocycles. The Labute approximate surface area is 138 Å². The lowest BCUT2D eigenvalue weighted by molar-refractivity contribution is 0.0972. The van der Waals surface area contributed by atoms with Crippen molar-refractivity contribution in [2.75, 3.05) is 0 Å². The van der Waals surface area contributed by atoms with Crippen molar-refractivity contribution in [1.82, 2.24) is 19.7 Å². The molecular formula is C18H15FN4O. The lowest BCUT2D eigenvalue weighted by atomic mass is 9.94. The molecule has 0 spiro atoms. The van der Waals surface area contributed by atoms with Crippen LogP contribution in [0.1, 0.15) is 34.5 Å². The van der Waals surface area contributed by atoms with E-state index in [9.17, 15) is 9.18 Å². The second kappa shape index (κ2) is 5.96. The summed E-state index contributed by atoms with van der Waals surface area (Å²) in [6.07, 6.45) is 5.27. The number of benzene rings is 1. The van der Waals surface area contributed by atoms with Crippen LogP contribution in [0.5, 0.6) is 0 Å².